The molecular formula is C13H20N8. The van der Waals surface area contributed by atoms with Crippen LogP contribution in [0.1, 0.15) is 0 Å². The molecule has 0 unspecified atom stereocenters. The highest BCUT2D eigenvalue weighted by atomic mass is 15.4. The van der Waals surface area contributed by atoms with Gasteiger partial charge in [0, 0.05) is 45.3 Å². The van der Waals surface area contributed by atoms with Crippen molar-refractivity contribution in [3.63, 3.8) is 0 Å². The minimum atomic E-state index is 0.285. The number of hydrogen-bond acceptors (Lipinski definition) is 7. The SMILES string of the molecule is CN1CCN2CCN(c3nc(N)nc4nc[nH]c34)C[C@H]2C1. The van der Waals surface area contributed by atoms with E-state index in [1.807, 2.05) is 0 Å². The summed E-state index contributed by atoms with van der Waals surface area (Å²) < 4.78 is 0. The summed E-state index contributed by atoms with van der Waals surface area (Å²) in [7, 11) is 2.19. The van der Waals surface area contributed by atoms with Crippen molar-refractivity contribution < 1.29 is 0 Å². The maximum Gasteiger partial charge on any atom is 0.224 e. The standard InChI is InChI=1S/C13H20N8/c1-19-2-3-20-4-5-21(7-9(20)6-19)12-10-11(16-8-15-10)17-13(14)18-12/h8-9H,2-7H2,1H3,(H3,14,15,16,17,18)/t9-/m1/s1. The number of rotatable bonds is 1. The molecular weight excluding hydrogens is 268 g/mol. The number of nitrogens with zero attached hydrogens (tertiary/aromatic N) is 6. The molecule has 4 heterocycles. The summed E-state index contributed by atoms with van der Waals surface area (Å²) in [4.78, 5) is 23.2. The van der Waals surface area contributed by atoms with Crippen LogP contribution in [0, 0.1) is 0 Å². The first-order chi connectivity index (χ1) is 10.2. The Hall–Kier alpha value is -1.93. The molecule has 3 N–H and O–H groups in total. The van der Waals surface area contributed by atoms with Crippen LogP contribution in [-0.4, -0.2) is 82.1 Å². The molecule has 8 heteroatoms. The molecule has 0 bridgehead atoms. The highest BCUT2D eigenvalue weighted by molar-refractivity contribution is 5.84. The quantitative estimate of drug-likeness (QED) is 0.722. The van der Waals surface area contributed by atoms with Crippen molar-refractivity contribution in [2.45, 2.75) is 6.04 Å². The van der Waals surface area contributed by atoms with Gasteiger partial charge in [-0.3, -0.25) is 4.90 Å². The maximum atomic E-state index is 5.82. The Morgan fingerprint density at radius 1 is 1.19 bits per heavy atom. The van der Waals surface area contributed by atoms with Crippen LogP contribution in [0.15, 0.2) is 6.33 Å². The van der Waals surface area contributed by atoms with Crippen molar-refractivity contribution >= 4 is 22.9 Å². The molecule has 0 aromatic carbocycles. The van der Waals surface area contributed by atoms with Gasteiger partial charge >= 0.3 is 0 Å². The summed E-state index contributed by atoms with van der Waals surface area (Å²) in [6, 6.07) is 0.548. The van der Waals surface area contributed by atoms with Crippen LogP contribution < -0.4 is 10.6 Å². The number of aromatic amines is 1. The number of piperazine rings is 2. The molecule has 0 amide bonds. The third kappa shape index (κ3) is 2.20. The number of fused-ring (bicyclic) bond motifs is 2. The molecule has 0 saturated carbocycles. The minimum absolute atomic E-state index is 0.285. The molecule has 0 spiro atoms. The third-order valence-corrected chi connectivity index (χ3v) is 4.48. The van der Waals surface area contributed by atoms with E-state index in [9.17, 15) is 0 Å². The van der Waals surface area contributed by atoms with E-state index in [-0.39, 0.29) is 5.95 Å². The lowest BCUT2D eigenvalue weighted by Gasteiger charge is -2.46. The van der Waals surface area contributed by atoms with Crippen molar-refractivity contribution in [1.82, 2.24) is 29.7 Å². The van der Waals surface area contributed by atoms with E-state index >= 15 is 0 Å². The number of hydrogen-bond donors (Lipinski definition) is 2. The summed E-state index contributed by atoms with van der Waals surface area (Å²) in [5, 5.41) is 0. The second kappa shape index (κ2) is 4.81. The average molecular weight is 288 g/mol. The maximum absolute atomic E-state index is 5.82. The van der Waals surface area contributed by atoms with Gasteiger partial charge < -0.3 is 20.5 Å². The fourth-order valence-electron chi connectivity index (χ4n) is 3.37. The van der Waals surface area contributed by atoms with E-state index in [0.29, 0.717) is 11.7 Å². The average Bonchev–Trinajstić information content (AvgIpc) is 2.93. The Morgan fingerprint density at radius 3 is 2.95 bits per heavy atom. The van der Waals surface area contributed by atoms with E-state index < -0.39 is 0 Å². The molecule has 1 atom stereocenters. The normalized spacial score (nSPS) is 24.4. The van der Waals surface area contributed by atoms with Gasteiger partial charge in [0.15, 0.2) is 11.5 Å². The highest BCUT2D eigenvalue weighted by Crippen LogP contribution is 2.25. The predicted octanol–water partition coefficient (Wildman–Crippen LogP) is -0.629. The van der Waals surface area contributed by atoms with Crippen LogP contribution in [-0.2, 0) is 0 Å². The Kier molecular flexibility index (Phi) is 2.93. The van der Waals surface area contributed by atoms with E-state index in [1.165, 1.54) is 0 Å². The van der Waals surface area contributed by atoms with Crippen molar-refractivity contribution in [3.05, 3.63) is 6.33 Å². The van der Waals surface area contributed by atoms with E-state index in [4.69, 9.17) is 5.73 Å². The molecule has 8 nitrogen and oxygen atoms in total. The lowest BCUT2D eigenvalue weighted by atomic mass is 10.1. The Labute approximate surface area is 123 Å². The highest BCUT2D eigenvalue weighted by Gasteiger charge is 2.32. The molecule has 2 aromatic rings. The first-order valence-electron chi connectivity index (χ1n) is 7.35. The number of aromatic nitrogens is 4. The zero-order valence-electron chi connectivity index (χ0n) is 12.2. The van der Waals surface area contributed by atoms with Crippen molar-refractivity contribution in [2.75, 3.05) is 56.9 Å². The Balaban J connectivity index is 1.65. The van der Waals surface area contributed by atoms with Crippen LogP contribution in [0.3, 0.4) is 0 Å². The van der Waals surface area contributed by atoms with Crippen LogP contribution in [0.2, 0.25) is 0 Å². The van der Waals surface area contributed by atoms with Crippen molar-refractivity contribution in [3.8, 4) is 0 Å². The summed E-state index contributed by atoms with van der Waals surface area (Å²) in [5.74, 6) is 1.16. The summed E-state index contributed by atoms with van der Waals surface area (Å²) >= 11 is 0. The lowest BCUT2D eigenvalue weighted by Crippen LogP contribution is -2.61. The molecule has 2 saturated heterocycles. The van der Waals surface area contributed by atoms with Crippen LogP contribution >= 0.6 is 0 Å². The minimum Gasteiger partial charge on any atom is -0.368 e. The van der Waals surface area contributed by atoms with Gasteiger partial charge in [0.05, 0.1) is 6.33 Å². The van der Waals surface area contributed by atoms with Crippen molar-refractivity contribution in [2.24, 2.45) is 0 Å². The Bertz CT molecular complexity index is 653. The third-order valence-electron chi connectivity index (χ3n) is 4.48. The molecule has 2 fully saturated rings. The van der Waals surface area contributed by atoms with Crippen LogP contribution in [0.5, 0.6) is 0 Å². The first kappa shape index (κ1) is 12.8. The number of likely N-dealkylation sites (N-methyl/N-ethyl adjacent to an activating group) is 1. The van der Waals surface area contributed by atoms with Gasteiger partial charge in [-0.25, -0.2) is 4.98 Å². The number of anilines is 2. The first-order valence-corrected chi connectivity index (χ1v) is 7.35. The summed E-state index contributed by atoms with van der Waals surface area (Å²) in [5.41, 5.74) is 7.34. The van der Waals surface area contributed by atoms with Crippen LogP contribution in [0.4, 0.5) is 11.8 Å². The van der Waals surface area contributed by atoms with E-state index in [1.54, 1.807) is 6.33 Å². The summed E-state index contributed by atoms with van der Waals surface area (Å²) in [6.45, 7) is 6.41. The molecule has 2 aromatic heterocycles. The number of H-pyrrole nitrogens is 1. The number of nitrogens with one attached hydrogen (secondary N) is 1. The molecule has 0 radical (unpaired) electrons. The van der Waals surface area contributed by atoms with Gasteiger partial charge in [-0.1, -0.05) is 0 Å². The number of nitrogen functional groups attached to an aromatic ring is 1. The molecule has 21 heavy (non-hydrogen) atoms. The summed E-state index contributed by atoms with van der Waals surface area (Å²) in [6.07, 6.45) is 1.65. The topological polar surface area (TPSA) is 90.2 Å². The predicted molar refractivity (Wildman–Crippen MR) is 81.2 cm³/mol. The molecule has 4 rings (SSSR count). The second-order valence-electron chi connectivity index (χ2n) is 5.90. The van der Waals surface area contributed by atoms with Gasteiger partial charge in [-0.05, 0) is 7.05 Å². The van der Waals surface area contributed by atoms with Crippen molar-refractivity contribution in [1.29, 1.82) is 0 Å². The fraction of sp³-hybridized carbons (Fsp3) is 0.615. The zero-order chi connectivity index (χ0) is 14.4. The molecule has 112 valence electrons. The Morgan fingerprint density at radius 2 is 2.05 bits per heavy atom. The number of nitrogens with two attached hydrogens (primary N) is 1. The second-order valence-corrected chi connectivity index (χ2v) is 5.90. The molecule has 2 aliphatic rings. The van der Waals surface area contributed by atoms with Crippen LogP contribution in [0.25, 0.3) is 11.2 Å². The lowest BCUT2D eigenvalue weighted by molar-refractivity contribution is 0.0805. The zero-order valence-corrected chi connectivity index (χ0v) is 12.2. The van der Waals surface area contributed by atoms with E-state index in [0.717, 1.165) is 50.6 Å². The van der Waals surface area contributed by atoms with Gasteiger partial charge in [0.1, 0.15) is 5.52 Å². The van der Waals surface area contributed by atoms with Gasteiger partial charge in [0.2, 0.25) is 5.95 Å². The van der Waals surface area contributed by atoms with Gasteiger partial charge in [-0.15, -0.1) is 0 Å². The molecule has 0 aliphatic carbocycles. The monoisotopic (exact) mass is 288 g/mol. The van der Waals surface area contributed by atoms with E-state index in [2.05, 4.69) is 41.7 Å². The largest absolute Gasteiger partial charge is 0.368 e. The van der Waals surface area contributed by atoms with Gasteiger partial charge in [-0.2, -0.15) is 9.97 Å². The smallest absolute Gasteiger partial charge is 0.224 e. The number of imidazole rings is 1. The van der Waals surface area contributed by atoms with Gasteiger partial charge in [0.25, 0.3) is 0 Å². The molecule has 2 aliphatic heterocycles. The fourth-order valence-corrected chi connectivity index (χ4v) is 3.37.